The second kappa shape index (κ2) is 8.39. The van der Waals surface area contributed by atoms with Gasteiger partial charge < -0.3 is 19.7 Å². The number of anilines is 1. The monoisotopic (exact) mass is 462 g/mol. The van der Waals surface area contributed by atoms with Gasteiger partial charge in [0.25, 0.3) is 0 Å². The number of carbonyl (C=O) groups is 2. The number of carboxylic acids is 2. The van der Waals surface area contributed by atoms with Crippen LogP contribution in [0.2, 0.25) is 0 Å². The fraction of sp³-hybridized carbons (Fsp3) is 0.318. The molecule has 1 fully saturated rings. The van der Waals surface area contributed by atoms with Crippen molar-refractivity contribution in [2.75, 3.05) is 31.1 Å². The van der Waals surface area contributed by atoms with E-state index >= 15 is 0 Å². The first-order valence-electron chi connectivity index (χ1n) is 10.1. The molecule has 174 valence electrons. The molecule has 2 aromatic heterocycles. The van der Waals surface area contributed by atoms with Crippen molar-refractivity contribution in [2.24, 2.45) is 7.05 Å². The number of hydrogen-bond donors (Lipinski definition) is 2. The first kappa shape index (κ1) is 22.6. The summed E-state index contributed by atoms with van der Waals surface area (Å²) in [7, 11) is 1.59. The summed E-state index contributed by atoms with van der Waals surface area (Å²) in [5, 5.41) is 20.4. The van der Waals surface area contributed by atoms with Crippen molar-refractivity contribution in [2.45, 2.75) is 12.2 Å². The van der Waals surface area contributed by atoms with Crippen LogP contribution in [0.1, 0.15) is 27.7 Å². The number of aryl methyl sites for hydroxylation is 1. The molecule has 0 amide bonds. The number of alkyl halides is 3. The number of halogens is 3. The van der Waals surface area contributed by atoms with Gasteiger partial charge in [0, 0.05) is 55.9 Å². The second-order valence-corrected chi connectivity index (χ2v) is 7.81. The summed E-state index contributed by atoms with van der Waals surface area (Å²) in [6.45, 7) is 1.19. The summed E-state index contributed by atoms with van der Waals surface area (Å²) in [6.07, 6.45) is -3.70. The van der Waals surface area contributed by atoms with E-state index < -0.39 is 29.7 Å². The van der Waals surface area contributed by atoms with Crippen molar-refractivity contribution in [1.29, 1.82) is 0 Å². The average Bonchev–Trinajstić information content (AvgIpc) is 3.06. The van der Waals surface area contributed by atoms with E-state index in [0.29, 0.717) is 29.8 Å². The van der Waals surface area contributed by atoms with Gasteiger partial charge in [0.05, 0.1) is 5.56 Å². The maximum atomic E-state index is 12.8. The second-order valence-electron chi connectivity index (χ2n) is 7.81. The van der Waals surface area contributed by atoms with Gasteiger partial charge in [-0.15, -0.1) is 0 Å². The van der Waals surface area contributed by atoms with Gasteiger partial charge in [-0.05, 0) is 18.2 Å². The Bertz CT molecular complexity index is 1200. The minimum absolute atomic E-state index is 0.0876. The lowest BCUT2D eigenvalue weighted by Gasteiger charge is -2.38. The van der Waals surface area contributed by atoms with Gasteiger partial charge in [-0.1, -0.05) is 18.2 Å². The number of aromatic carboxylic acids is 1. The SMILES string of the molecule is Cn1c(C(=O)O)c(C(C(=O)O)N2CCN(c3ccc(C(F)(F)F)cn3)CC2)c2ccccc21. The molecule has 1 saturated heterocycles. The molecule has 11 heteroatoms. The predicted octanol–water partition coefficient (Wildman–Crippen LogP) is 3.24. The van der Waals surface area contributed by atoms with Crippen LogP contribution in [0.3, 0.4) is 0 Å². The van der Waals surface area contributed by atoms with E-state index in [4.69, 9.17) is 0 Å². The van der Waals surface area contributed by atoms with Crippen molar-refractivity contribution in [3.8, 4) is 0 Å². The average molecular weight is 462 g/mol. The fourth-order valence-corrected chi connectivity index (χ4v) is 4.37. The van der Waals surface area contributed by atoms with Crippen LogP contribution in [0.4, 0.5) is 19.0 Å². The summed E-state index contributed by atoms with van der Waals surface area (Å²) in [5.74, 6) is -2.02. The highest BCUT2D eigenvalue weighted by molar-refractivity contribution is 6.01. The minimum atomic E-state index is -4.47. The van der Waals surface area contributed by atoms with Crippen LogP contribution in [0.5, 0.6) is 0 Å². The standard InChI is InChI=1S/C22H21F3N4O4/c1-27-15-5-3-2-4-14(15)17(18(27)20(30)31)19(21(32)33)29-10-8-28(9-11-29)16-7-6-13(12-26-16)22(23,24)25/h2-7,12,19H,8-11H2,1H3,(H,30,31)(H,32,33). The molecule has 1 aliphatic heterocycles. The van der Waals surface area contributed by atoms with E-state index in [1.54, 1.807) is 41.1 Å². The Labute approximate surface area is 186 Å². The number of benzene rings is 1. The smallest absolute Gasteiger partial charge is 0.417 e. The summed E-state index contributed by atoms with van der Waals surface area (Å²) < 4.78 is 39.8. The molecule has 4 rings (SSSR count). The number of aliphatic carboxylic acids is 1. The van der Waals surface area contributed by atoms with Crippen LogP contribution in [0.25, 0.3) is 10.9 Å². The molecular formula is C22H21F3N4O4. The number of pyridine rings is 1. The van der Waals surface area contributed by atoms with Crippen molar-refractivity contribution in [1.82, 2.24) is 14.5 Å². The molecule has 1 unspecified atom stereocenters. The molecule has 0 bridgehead atoms. The lowest BCUT2D eigenvalue weighted by Crippen LogP contribution is -2.49. The number of carboxylic acid groups (broad SMARTS) is 2. The van der Waals surface area contributed by atoms with Gasteiger partial charge in [-0.2, -0.15) is 13.2 Å². The van der Waals surface area contributed by atoms with Gasteiger partial charge in [0.2, 0.25) is 0 Å². The fourth-order valence-electron chi connectivity index (χ4n) is 4.37. The highest BCUT2D eigenvalue weighted by atomic mass is 19.4. The first-order valence-corrected chi connectivity index (χ1v) is 10.1. The van der Waals surface area contributed by atoms with E-state index in [1.807, 2.05) is 0 Å². The third kappa shape index (κ3) is 4.11. The number of piperazine rings is 1. The Morgan fingerprint density at radius 1 is 1.03 bits per heavy atom. The lowest BCUT2D eigenvalue weighted by molar-refractivity contribution is -0.143. The number of hydrogen-bond acceptors (Lipinski definition) is 5. The number of aromatic nitrogens is 2. The number of nitrogens with zero attached hydrogens (tertiary/aromatic N) is 4. The van der Waals surface area contributed by atoms with Crippen LogP contribution >= 0.6 is 0 Å². The molecule has 33 heavy (non-hydrogen) atoms. The van der Waals surface area contributed by atoms with E-state index in [-0.39, 0.29) is 24.3 Å². The Hall–Kier alpha value is -3.60. The topological polar surface area (TPSA) is 98.9 Å². The van der Waals surface area contributed by atoms with Gasteiger partial charge in [-0.3, -0.25) is 9.69 Å². The molecule has 1 aliphatic rings. The summed E-state index contributed by atoms with van der Waals surface area (Å²) in [4.78, 5) is 31.7. The van der Waals surface area contributed by atoms with E-state index in [9.17, 15) is 33.0 Å². The van der Waals surface area contributed by atoms with Crippen molar-refractivity contribution < 1.29 is 33.0 Å². The number of fused-ring (bicyclic) bond motifs is 1. The van der Waals surface area contributed by atoms with Crippen LogP contribution in [0, 0.1) is 0 Å². The molecule has 2 N–H and O–H groups in total. The van der Waals surface area contributed by atoms with E-state index in [2.05, 4.69) is 4.98 Å². The van der Waals surface area contributed by atoms with Gasteiger partial charge in [0.15, 0.2) is 0 Å². The number of para-hydroxylation sites is 1. The Morgan fingerprint density at radius 2 is 1.70 bits per heavy atom. The predicted molar refractivity (Wildman–Crippen MR) is 113 cm³/mol. The Morgan fingerprint density at radius 3 is 2.24 bits per heavy atom. The van der Waals surface area contributed by atoms with Crippen LogP contribution < -0.4 is 4.90 Å². The van der Waals surface area contributed by atoms with Gasteiger partial charge in [0.1, 0.15) is 17.6 Å². The summed E-state index contributed by atoms with van der Waals surface area (Å²) >= 11 is 0. The maximum absolute atomic E-state index is 12.8. The quantitative estimate of drug-likeness (QED) is 0.601. The minimum Gasteiger partial charge on any atom is -0.480 e. The molecule has 0 spiro atoms. The van der Waals surface area contributed by atoms with Crippen molar-refractivity contribution in [3.05, 3.63) is 59.4 Å². The molecule has 3 aromatic rings. The largest absolute Gasteiger partial charge is 0.480 e. The first-order chi connectivity index (χ1) is 15.6. The highest BCUT2D eigenvalue weighted by Crippen LogP contribution is 2.35. The van der Waals surface area contributed by atoms with Gasteiger partial charge in [-0.25, -0.2) is 9.78 Å². The molecule has 1 aromatic carbocycles. The van der Waals surface area contributed by atoms with Crippen LogP contribution in [0.15, 0.2) is 42.6 Å². The van der Waals surface area contributed by atoms with Gasteiger partial charge >= 0.3 is 18.1 Å². The summed E-state index contributed by atoms with van der Waals surface area (Å²) in [6, 6.07) is 7.98. The third-order valence-corrected chi connectivity index (χ3v) is 5.93. The zero-order valence-corrected chi connectivity index (χ0v) is 17.6. The molecular weight excluding hydrogens is 441 g/mol. The lowest BCUT2D eigenvalue weighted by atomic mass is 10.00. The van der Waals surface area contributed by atoms with Crippen molar-refractivity contribution >= 4 is 28.7 Å². The molecule has 0 aliphatic carbocycles. The maximum Gasteiger partial charge on any atom is 0.417 e. The molecule has 0 radical (unpaired) electrons. The Kier molecular flexibility index (Phi) is 5.75. The Balaban J connectivity index is 1.61. The van der Waals surface area contributed by atoms with Crippen LogP contribution in [-0.4, -0.2) is 62.8 Å². The molecule has 0 saturated carbocycles. The zero-order valence-electron chi connectivity index (χ0n) is 17.6. The highest BCUT2D eigenvalue weighted by Gasteiger charge is 2.37. The molecule has 8 nitrogen and oxygen atoms in total. The van der Waals surface area contributed by atoms with Crippen molar-refractivity contribution in [3.63, 3.8) is 0 Å². The molecule has 3 heterocycles. The normalized spacial score (nSPS) is 16.2. The van der Waals surface area contributed by atoms with E-state index in [0.717, 1.165) is 12.3 Å². The summed E-state index contributed by atoms with van der Waals surface area (Å²) in [5.41, 5.74) is -0.0960. The van der Waals surface area contributed by atoms with E-state index in [1.165, 1.54) is 10.6 Å². The zero-order chi connectivity index (χ0) is 23.9. The van der Waals surface area contributed by atoms with Crippen LogP contribution in [-0.2, 0) is 18.0 Å². The number of rotatable bonds is 5. The third-order valence-electron chi connectivity index (χ3n) is 5.93. The molecule has 1 atom stereocenters.